The lowest BCUT2D eigenvalue weighted by Gasteiger charge is -2.51. The van der Waals surface area contributed by atoms with Crippen LogP contribution in [-0.2, 0) is 4.79 Å². The standard InChI is InChI=1S/C20H24ClN3O2/c1-14(25)23-9-2-7-20(12-23)13-24(10-6-19(20)26)18-5-8-22-17-4-3-15(21)11-16(17)18/h3-5,8,11,19,26H,2,6-7,9-10,12-13H2,1H3/t19-,20+/m1/s1. The number of hydrogen-bond donors (Lipinski definition) is 1. The van der Waals surface area contributed by atoms with Crippen molar-refractivity contribution in [1.82, 2.24) is 9.88 Å². The Labute approximate surface area is 158 Å². The van der Waals surface area contributed by atoms with Crippen LogP contribution in [0.1, 0.15) is 26.2 Å². The van der Waals surface area contributed by atoms with Crippen LogP contribution in [0.4, 0.5) is 5.69 Å². The number of fused-ring (bicyclic) bond motifs is 1. The molecule has 4 rings (SSSR count). The number of carbonyl (C=O) groups excluding carboxylic acids is 1. The minimum absolute atomic E-state index is 0.0922. The highest BCUT2D eigenvalue weighted by atomic mass is 35.5. The first kappa shape index (κ1) is 17.6. The quantitative estimate of drug-likeness (QED) is 0.834. The Morgan fingerprint density at radius 1 is 1.31 bits per heavy atom. The second kappa shape index (κ2) is 6.71. The monoisotopic (exact) mass is 373 g/mol. The molecule has 138 valence electrons. The van der Waals surface area contributed by atoms with Gasteiger partial charge < -0.3 is 14.9 Å². The van der Waals surface area contributed by atoms with Crippen LogP contribution in [0, 0.1) is 5.41 Å². The van der Waals surface area contributed by atoms with Gasteiger partial charge in [-0.05, 0) is 43.5 Å². The number of pyridine rings is 1. The summed E-state index contributed by atoms with van der Waals surface area (Å²) in [6.45, 7) is 4.56. The SMILES string of the molecule is CC(=O)N1CCC[C@]2(C1)CN(c1ccnc3ccc(Cl)cc13)CC[C@H]2O. The highest BCUT2D eigenvalue weighted by Gasteiger charge is 2.46. The van der Waals surface area contributed by atoms with Gasteiger partial charge in [0.25, 0.3) is 0 Å². The van der Waals surface area contributed by atoms with Crippen molar-refractivity contribution in [3.63, 3.8) is 0 Å². The molecule has 1 spiro atoms. The van der Waals surface area contributed by atoms with Crippen molar-refractivity contribution in [2.75, 3.05) is 31.1 Å². The molecule has 3 heterocycles. The van der Waals surface area contributed by atoms with Crippen molar-refractivity contribution in [3.8, 4) is 0 Å². The molecule has 0 aliphatic carbocycles. The third-order valence-corrected chi connectivity index (χ3v) is 6.20. The summed E-state index contributed by atoms with van der Waals surface area (Å²) in [5, 5.41) is 12.5. The maximum absolute atomic E-state index is 11.9. The fourth-order valence-corrected chi connectivity index (χ4v) is 4.74. The van der Waals surface area contributed by atoms with Crippen LogP contribution in [-0.4, -0.2) is 53.2 Å². The summed E-state index contributed by atoms with van der Waals surface area (Å²) in [5.74, 6) is 0.0922. The Balaban J connectivity index is 1.69. The van der Waals surface area contributed by atoms with Crippen molar-refractivity contribution in [2.24, 2.45) is 5.41 Å². The average molecular weight is 374 g/mol. The third-order valence-electron chi connectivity index (χ3n) is 5.96. The Morgan fingerprint density at radius 3 is 2.96 bits per heavy atom. The minimum Gasteiger partial charge on any atom is -0.392 e. The number of carbonyl (C=O) groups is 1. The van der Waals surface area contributed by atoms with E-state index < -0.39 is 0 Å². The number of hydrogen-bond acceptors (Lipinski definition) is 4. The first-order valence-electron chi connectivity index (χ1n) is 9.21. The number of halogens is 1. The van der Waals surface area contributed by atoms with E-state index in [9.17, 15) is 9.90 Å². The van der Waals surface area contributed by atoms with Crippen LogP contribution in [0.3, 0.4) is 0 Å². The van der Waals surface area contributed by atoms with E-state index in [-0.39, 0.29) is 17.4 Å². The van der Waals surface area contributed by atoms with Gasteiger partial charge in [0.1, 0.15) is 0 Å². The molecule has 1 amide bonds. The van der Waals surface area contributed by atoms with Crippen molar-refractivity contribution < 1.29 is 9.90 Å². The molecule has 0 radical (unpaired) electrons. The molecule has 0 saturated carbocycles. The molecule has 0 unspecified atom stereocenters. The summed E-state index contributed by atoms with van der Waals surface area (Å²) in [6.07, 6.45) is 4.03. The van der Waals surface area contributed by atoms with Crippen LogP contribution >= 0.6 is 11.6 Å². The smallest absolute Gasteiger partial charge is 0.219 e. The lowest BCUT2D eigenvalue weighted by atomic mass is 9.71. The lowest BCUT2D eigenvalue weighted by Crippen LogP contribution is -2.59. The molecule has 2 fully saturated rings. The molecule has 2 aliphatic rings. The van der Waals surface area contributed by atoms with Crippen LogP contribution in [0.25, 0.3) is 10.9 Å². The van der Waals surface area contributed by atoms with Gasteiger partial charge in [-0.25, -0.2) is 0 Å². The molecule has 2 saturated heterocycles. The molecule has 2 atom stereocenters. The van der Waals surface area contributed by atoms with Crippen molar-refractivity contribution in [1.29, 1.82) is 0 Å². The zero-order valence-electron chi connectivity index (χ0n) is 15.0. The molecule has 2 aromatic rings. The lowest BCUT2D eigenvalue weighted by molar-refractivity contribution is -0.135. The van der Waals surface area contributed by atoms with E-state index in [0.717, 1.165) is 49.1 Å². The average Bonchev–Trinajstić information content (AvgIpc) is 2.64. The van der Waals surface area contributed by atoms with Gasteiger partial charge in [0.2, 0.25) is 5.91 Å². The number of amides is 1. The fraction of sp³-hybridized carbons (Fsp3) is 0.500. The van der Waals surface area contributed by atoms with Gasteiger partial charge in [-0.15, -0.1) is 0 Å². The molecule has 0 bridgehead atoms. The number of benzene rings is 1. The summed E-state index contributed by atoms with van der Waals surface area (Å²) in [6, 6.07) is 7.77. The number of aromatic nitrogens is 1. The number of piperidine rings is 2. The number of likely N-dealkylation sites (tertiary alicyclic amines) is 1. The van der Waals surface area contributed by atoms with Gasteiger partial charge in [-0.3, -0.25) is 9.78 Å². The van der Waals surface area contributed by atoms with Crippen LogP contribution in [0.15, 0.2) is 30.5 Å². The minimum atomic E-state index is -0.377. The van der Waals surface area contributed by atoms with Crippen LogP contribution in [0.2, 0.25) is 5.02 Å². The highest BCUT2D eigenvalue weighted by Crippen LogP contribution is 2.41. The highest BCUT2D eigenvalue weighted by molar-refractivity contribution is 6.31. The van der Waals surface area contributed by atoms with E-state index in [1.807, 2.05) is 35.4 Å². The van der Waals surface area contributed by atoms with Gasteiger partial charge >= 0.3 is 0 Å². The Kier molecular flexibility index (Phi) is 4.53. The summed E-state index contributed by atoms with van der Waals surface area (Å²) < 4.78 is 0. The number of aliphatic hydroxyl groups is 1. The molecule has 1 aromatic carbocycles. The van der Waals surface area contributed by atoms with Crippen molar-refractivity contribution in [2.45, 2.75) is 32.3 Å². The predicted octanol–water partition coefficient (Wildman–Crippen LogP) is 3.09. The van der Waals surface area contributed by atoms with E-state index in [4.69, 9.17) is 11.6 Å². The van der Waals surface area contributed by atoms with E-state index in [1.54, 1.807) is 6.92 Å². The molecule has 26 heavy (non-hydrogen) atoms. The summed E-state index contributed by atoms with van der Waals surface area (Å²) in [5.41, 5.74) is 1.75. The number of aliphatic hydroxyl groups excluding tert-OH is 1. The van der Waals surface area contributed by atoms with Crippen LogP contribution < -0.4 is 4.90 Å². The molecular weight excluding hydrogens is 350 g/mol. The predicted molar refractivity (Wildman–Crippen MR) is 104 cm³/mol. The van der Waals surface area contributed by atoms with E-state index in [1.165, 1.54) is 0 Å². The molecule has 5 nitrogen and oxygen atoms in total. The zero-order valence-corrected chi connectivity index (χ0v) is 15.7. The number of anilines is 1. The second-order valence-electron chi connectivity index (χ2n) is 7.62. The largest absolute Gasteiger partial charge is 0.392 e. The zero-order chi connectivity index (χ0) is 18.3. The first-order valence-corrected chi connectivity index (χ1v) is 9.59. The number of rotatable bonds is 1. The van der Waals surface area contributed by atoms with Crippen molar-refractivity contribution in [3.05, 3.63) is 35.5 Å². The summed E-state index contributed by atoms with van der Waals surface area (Å²) in [7, 11) is 0. The van der Waals surface area contributed by atoms with Gasteiger partial charge in [-0.2, -0.15) is 0 Å². The maximum atomic E-state index is 11.9. The Hall–Kier alpha value is -1.85. The molecule has 1 N–H and O–H groups in total. The van der Waals surface area contributed by atoms with Crippen molar-refractivity contribution >= 4 is 34.1 Å². The van der Waals surface area contributed by atoms with Gasteiger partial charge in [0.05, 0.1) is 11.6 Å². The molecular formula is C20H24ClN3O2. The number of nitrogens with zero attached hydrogens (tertiary/aromatic N) is 3. The van der Waals surface area contributed by atoms with Gasteiger partial charge in [0.15, 0.2) is 0 Å². The molecule has 6 heteroatoms. The van der Waals surface area contributed by atoms with E-state index in [2.05, 4.69) is 9.88 Å². The Bertz CT molecular complexity index is 843. The first-order chi connectivity index (χ1) is 12.5. The third kappa shape index (κ3) is 3.03. The van der Waals surface area contributed by atoms with E-state index >= 15 is 0 Å². The second-order valence-corrected chi connectivity index (χ2v) is 8.06. The molecule has 2 aliphatic heterocycles. The van der Waals surface area contributed by atoms with Gasteiger partial charge in [0, 0.05) is 60.8 Å². The normalized spacial score (nSPS) is 26.5. The Morgan fingerprint density at radius 2 is 2.15 bits per heavy atom. The summed E-state index contributed by atoms with van der Waals surface area (Å²) in [4.78, 5) is 20.6. The summed E-state index contributed by atoms with van der Waals surface area (Å²) >= 11 is 6.22. The molecule has 1 aromatic heterocycles. The topological polar surface area (TPSA) is 56.7 Å². The van der Waals surface area contributed by atoms with Gasteiger partial charge in [-0.1, -0.05) is 11.6 Å². The van der Waals surface area contributed by atoms with E-state index in [0.29, 0.717) is 18.0 Å². The fourth-order valence-electron chi connectivity index (χ4n) is 4.56. The van der Waals surface area contributed by atoms with Crippen LogP contribution in [0.5, 0.6) is 0 Å². The maximum Gasteiger partial charge on any atom is 0.219 e.